The average Bonchev–Trinajstić information content (AvgIpc) is 2.54. The van der Waals surface area contributed by atoms with Crippen LogP contribution in [0.15, 0.2) is 23.0 Å². The molecule has 2 rings (SSSR count). The maximum atomic E-state index is 11.9. The molecule has 0 saturated carbocycles. The molecular weight excluding hydrogens is 286 g/mol. The highest BCUT2D eigenvalue weighted by Gasteiger charge is 2.15. The van der Waals surface area contributed by atoms with Gasteiger partial charge >= 0.3 is 0 Å². The molecule has 0 atom stereocenters. The predicted molar refractivity (Wildman–Crippen MR) is 77.3 cm³/mol. The van der Waals surface area contributed by atoms with Gasteiger partial charge in [0.15, 0.2) is 6.19 Å². The van der Waals surface area contributed by atoms with Crippen molar-refractivity contribution in [3.63, 3.8) is 0 Å². The van der Waals surface area contributed by atoms with Gasteiger partial charge in [-0.3, -0.25) is 15.1 Å². The smallest absolute Gasteiger partial charge is 0.270 e. The molecule has 1 aromatic heterocycles. The molecule has 0 spiro atoms. The van der Waals surface area contributed by atoms with Gasteiger partial charge in [0.1, 0.15) is 23.1 Å². The largest absolute Gasteiger partial charge is 0.497 e. The second kappa shape index (κ2) is 6.29. The van der Waals surface area contributed by atoms with Crippen molar-refractivity contribution in [3.05, 3.63) is 34.1 Å². The van der Waals surface area contributed by atoms with E-state index in [2.05, 4.69) is 15.3 Å². The fourth-order valence-electron chi connectivity index (χ4n) is 1.84. The Hall–Kier alpha value is -3.52. The highest BCUT2D eigenvalue weighted by molar-refractivity contribution is 5.70. The zero-order valence-electron chi connectivity index (χ0n) is 11.8. The third-order valence-corrected chi connectivity index (χ3v) is 2.83. The van der Waals surface area contributed by atoms with Gasteiger partial charge in [-0.25, -0.2) is 4.98 Å². The van der Waals surface area contributed by atoms with Crippen LogP contribution in [0.25, 0.3) is 11.3 Å². The van der Waals surface area contributed by atoms with Gasteiger partial charge in [0, 0.05) is 11.6 Å². The van der Waals surface area contributed by atoms with Crippen LogP contribution in [0.2, 0.25) is 0 Å². The third-order valence-electron chi connectivity index (χ3n) is 2.83. The van der Waals surface area contributed by atoms with Gasteiger partial charge in [-0.05, 0) is 12.1 Å². The fourth-order valence-corrected chi connectivity index (χ4v) is 1.84. The first kappa shape index (κ1) is 14.9. The second-order valence-electron chi connectivity index (χ2n) is 4.09. The lowest BCUT2D eigenvalue weighted by Crippen LogP contribution is -2.16. The lowest BCUT2D eigenvalue weighted by molar-refractivity contribution is 0.394. The van der Waals surface area contributed by atoms with E-state index in [1.807, 2.05) is 6.07 Å². The number of ether oxygens (including phenoxy) is 2. The maximum absolute atomic E-state index is 11.9. The topological polar surface area (TPSA) is 124 Å². The Bertz CT molecular complexity index is 823. The molecule has 0 radical (unpaired) electrons. The molecule has 8 nitrogen and oxygen atoms in total. The predicted octanol–water partition coefficient (Wildman–Crippen LogP) is 1.22. The number of rotatable bonds is 4. The molecule has 0 aliphatic heterocycles. The number of anilines is 1. The van der Waals surface area contributed by atoms with E-state index in [0.29, 0.717) is 17.1 Å². The van der Waals surface area contributed by atoms with Gasteiger partial charge in [-0.15, -0.1) is 0 Å². The molecule has 110 valence electrons. The van der Waals surface area contributed by atoms with Crippen LogP contribution in [0.5, 0.6) is 11.5 Å². The number of benzene rings is 1. The molecule has 1 heterocycles. The first-order valence-corrected chi connectivity index (χ1v) is 6.06. The van der Waals surface area contributed by atoms with E-state index in [4.69, 9.17) is 14.7 Å². The number of aromatic amines is 1. The van der Waals surface area contributed by atoms with Gasteiger partial charge < -0.3 is 9.47 Å². The Morgan fingerprint density at radius 1 is 1.18 bits per heavy atom. The maximum Gasteiger partial charge on any atom is 0.270 e. The molecule has 0 aliphatic rings. The Balaban J connectivity index is 2.73. The zero-order chi connectivity index (χ0) is 16.1. The number of hydrogen-bond acceptors (Lipinski definition) is 7. The van der Waals surface area contributed by atoms with E-state index in [1.54, 1.807) is 24.4 Å². The summed E-state index contributed by atoms with van der Waals surface area (Å²) in [7, 11) is 2.97. The quantitative estimate of drug-likeness (QED) is 0.642. The molecule has 2 N–H and O–H groups in total. The Morgan fingerprint density at radius 2 is 1.82 bits per heavy atom. The molecule has 8 heteroatoms. The summed E-state index contributed by atoms with van der Waals surface area (Å²) in [5.41, 5.74) is -0.230. The number of aromatic nitrogens is 2. The summed E-state index contributed by atoms with van der Waals surface area (Å²) in [6.45, 7) is 0. The van der Waals surface area contributed by atoms with E-state index in [9.17, 15) is 10.1 Å². The number of nitrogens with one attached hydrogen (secondary N) is 2. The molecule has 2 aromatic rings. The van der Waals surface area contributed by atoms with Gasteiger partial charge in [-0.2, -0.15) is 10.5 Å². The molecule has 1 aromatic carbocycles. The van der Waals surface area contributed by atoms with Crippen LogP contribution in [0, 0.1) is 22.8 Å². The standard InChI is InChI=1S/C14H11N5O3/c1-21-9-3-8(4-10(5-9)22-2)12-11(6-15)13(20)19-14(18-12)17-7-16/h3-5H,1-2H3,(H2,17,18,19,20). The van der Waals surface area contributed by atoms with E-state index < -0.39 is 5.56 Å². The summed E-state index contributed by atoms with van der Waals surface area (Å²) in [5, 5.41) is 20.0. The summed E-state index contributed by atoms with van der Waals surface area (Å²) >= 11 is 0. The molecule has 0 fully saturated rings. The molecule has 22 heavy (non-hydrogen) atoms. The summed E-state index contributed by atoms with van der Waals surface area (Å²) in [4.78, 5) is 18.3. The number of H-pyrrole nitrogens is 1. The summed E-state index contributed by atoms with van der Waals surface area (Å²) in [5.74, 6) is 0.911. The van der Waals surface area contributed by atoms with E-state index in [0.717, 1.165) is 0 Å². The highest BCUT2D eigenvalue weighted by Crippen LogP contribution is 2.29. The van der Waals surface area contributed by atoms with Crippen molar-refractivity contribution in [1.29, 1.82) is 10.5 Å². The molecule has 0 unspecified atom stereocenters. The van der Waals surface area contributed by atoms with Crippen LogP contribution in [-0.2, 0) is 0 Å². The Labute approximate surface area is 125 Å². The summed E-state index contributed by atoms with van der Waals surface area (Å²) in [6.07, 6.45) is 1.66. The van der Waals surface area contributed by atoms with Crippen molar-refractivity contribution < 1.29 is 9.47 Å². The van der Waals surface area contributed by atoms with E-state index >= 15 is 0 Å². The van der Waals surface area contributed by atoms with Crippen LogP contribution >= 0.6 is 0 Å². The fraction of sp³-hybridized carbons (Fsp3) is 0.143. The minimum Gasteiger partial charge on any atom is -0.497 e. The van der Waals surface area contributed by atoms with E-state index in [-0.39, 0.29) is 17.2 Å². The van der Waals surface area contributed by atoms with Gasteiger partial charge in [0.25, 0.3) is 5.56 Å². The first-order valence-electron chi connectivity index (χ1n) is 6.06. The van der Waals surface area contributed by atoms with Crippen LogP contribution in [0.4, 0.5) is 5.95 Å². The number of methoxy groups -OCH3 is 2. The Morgan fingerprint density at radius 3 is 2.32 bits per heavy atom. The molecule has 0 amide bonds. The van der Waals surface area contributed by atoms with Crippen molar-refractivity contribution in [3.8, 4) is 35.0 Å². The molecule has 0 aliphatic carbocycles. The second-order valence-corrected chi connectivity index (χ2v) is 4.09. The molecule has 0 saturated heterocycles. The number of hydrogen-bond donors (Lipinski definition) is 2. The number of nitriles is 2. The van der Waals surface area contributed by atoms with Gasteiger partial charge in [0.05, 0.1) is 19.9 Å². The van der Waals surface area contributed by atoms with Crippen LogP contribution < -0.4 is 20.3 Å². The van der Waals surface area contributed by atoms with Crippen LogP contribution in [0.1, 0.15) is 5.56 Å². The van der Waals surface area contributed by atoms with Gasteiger partial charge in [-0.1, -0.05) is 0 Å². The first-order chi connectivity index (χ1) is 10.6. The average molecular weight is 297 g/mol. The third kappa shape index (κ3) is 2.81. The molecule has 0 bridgehead atoms. The zero-order valence-corrected chi connectivity index (χ0v) is 11.8. The minimum atomic E-state index is -0.646. The van der Waals surface area contributed by atoms with Crippen molar-refractivity contribution in [2.24, 2.45) is 0 Å². The minimum absolute atomic E-state index is 0.0525. The SMILES string of the molecule is COc1cc(OC)cc(-c2nc(NC#N)[nH]c(=O)c2C#N)c1. The lowest BCUT2D eigenvalue weighted by Gasteiger charge is -2.09. The molecular formula is C14H11N5O3. The monoisotopic (exact) mass is 297 g/mol. The van der Waals surface area contributed by atoms with Crippen molar-refractivity contribution in [2.45, 2.75) is 0 Å². The van der Waals surface area contributed by atoms with E-state index in [1.165, 1.54) is 14.2 Å². The lowest BCUT2D eigenvalue weighted by atomic mass is 10.1. The Kier molecular flexibility index (Phi) is 4.25. The summed E-state index contributed by atoms with van der Waals surface area (Å²) in [6, 6.07) is 6.68. The van der Waals surface area contributed by atoms with Crippen molar-refractivity contribution in [2.75, 3.05) is 19.5 Å². The summed E-state index contributed by atoms with van der Waals surface area (Å²) < 4.78 is 10.3. The van der Waals surface area contributed by atoms with Crippen LogP contribution in [0.3, 0.4) is 0 Å². The van der Waals surface area contributed by atoms with Gasteiger partial charge in [0.2, 0.25) is 5.95 Å². The van der Waals surface area contributed by atoms with Crippen LogP contribution in [-0.4, -0.2) is 24.2 Å². The number of nitrogens with zero attached hydrogens (tertiary/aromatic N) is 3. The van der Waals surface area contributed by atoms with Crippen molar-refractivity contribution in [1.82, 2.24) is 9.97 Å². The van der Waals surface area contributed by atoms with Crippen molar-refractivity contribution >= 4 is 5.95 Å². The highest BCUT2D eigenvalue weighted by atomic mass is 16.5. The normalized spacial score (nSPS) is 9.45.